The first-order valence-electron chi connectivity index (χ1n) is 7.19. The maximum atomic E-state index is 9.03. The summed E-state index contributed by atoms with van der Waals surface area (Å²) < 4.78 is 5.68. The number of aryl methyl sites for hydroxylation is 1. The third-order valence-electron chi connectivity index (χ3n) is 3.31. The van der Waals surface area contributed by atoms with Gasteiger partial charge in [-0.3, -0.25) is 5.32 Å². The predicted octanol–water partition coefficient (Wildman–Crippen LogP) is 3.05. The number of nitrogens with zero attached hydrogens (tertiary/aromatic N) is 1. The normalized spacial score (nSPS) is 15.8. The van der Waals surface area contributed by atoms with Gasteiger partial charge in [0.05, 0.1) is 18.7 Å². The Hall–Kier alpha value is -1.53. The number of benzene rings is 1. The second-order valence-electron chi connectivity index (χ2n) is 5.15. The Morgan fingerprint density at radius 2 is 2.11 bits per heavy atom. The first kappa shape index (κ1) is 13.9. The molecule has 1 atom stereocenters. The molecule has 1 unspecified atom stereocenters. The van der Waals surface area contributed by atoms with Crippen molar-refractivity contribution in [2.45, 2.75) is 51.1 Å². The molecular weight excluding hydrogens is 236 g/mol. The van der Waals surface area contributed by atoms with Crippen LogP contribution < -0.4 is 10.1 Å². The molecular formula is C16H22N2O. The summed E-state index contributed by atoms with van der Waals surface area (Å²) in [6.45, 7) is 2.77. The zero-order chi connectivity index (χ0) is 13.5. The number of ether oxygens (including phenoxy) is 1. The lowest BCUT2D eigenvalue weighted by molar-refractivity contribution is 0.297. The summed E-state index contributed by atoms with van der Waals surface area (Å²) in [5.74, 6) is 0.892. The number of rotatable bonds is 8. The van der Waals surface area contributed by atoms with Crippen LogP contribution in [0.4, 0.5) is 0 Å². The monoisotopic (exact) mass is 258 g/mol. The van der Waals surface area contributed by atoms with Crippen molar-refractivity contribution in [3.63, 3.8) is 0 Å². The molecule has 0 aromatic heterocycles. The van der Waals surface area contributed by atoms with E-state index in [-0.39, 0.29) is 6.04 Å². The van der Waals surface area contributed by atoms with Crippen LogP contribution in [0.3, 0.4) is 0 Å². The average molecular weight is 258 g/mol. The van der Waals surface area contributed by atoms with Crippen LogP contribution in [0.15, 0.2) is 24.3 Å². The van der Waals surface area contributed by atoms with Gasteiger partial charge in [0.25, 0.3) is 0 Å². The van der Waals surface area contributed by atoms with Crippen LogP contribution in [-0.4, -0.2) is 18.7 Å². The number of hydrogen-bond donors (Lipinski definition) is 1. The lowest BCUT2D eigenvalue weighted by Gasteiger charge is -2.11. The van der Waals surface area contributed by atoms with Crippen LogP contribution in [0.1, 0.15) is 38.2 Å². The van der Waals surface area contributed by atoms with Gasteiger partial charge in [0, 0.05) is 12.5 Å². The van der Waals surface area contributed by atoms with Crippen molar-refractivity contribution >= 4 is 0 Å². The van der Waals surface area contributed by atoms with Crippen LogP contribution in [0.5, 0.6) is 5.75 Å². The van der Waals surface area contributed by atoms with E-state index in [9.17, 15) is 0 Å². The van der Waals surface area contributed by atoms with Gasteiger partial charge in [-0.2, -0.15) is 5.26 Å². The second kappa shape index (κ2) is 7.16. The highest BCUT2D eigenvalue weighted by Gasteiger charge is 2.24. The minimum Gasteiger partial charge on any atom is -0.493 e. The van der Waals surface area contributed by atoms with Crippen molar-refractivity contribution in [3.8, 4) is 11.8 Å². The minimum atomic E-state index is -0.0770. The molecule has 0 saturated heterocycles. The van der Waals surface area contributed by atoms with E-state index >= 15 is 0 Å². The maximum Gasteiger partial charge on any atom is 0.119 e. The molecule has 3 heteroatoms. The topological polar surface area (TPSA) is 45.0 Å². The molecule has 2 rings (SSSR count). The number of hydrogen-bond acceptors (Lipinski definition) is 3. The Labute approximate surface area is 115 Å². The van der Waals surface area contributed by atoms with Gasteiger partial charge in [-0.15, -0.1) is 0 Å². The Kier molecular flexibility index (Phi) is 5.23. The smallest absolute Gasteiger partial charge is 0.119 e. The van der Waals surface area contributed by atoms with E-state index < -0.39 is 0 Å². The summed E-state index contributed by atoms with van der Waals surface area (Å²) in [6.07, 6.45) is 5.43. The fourth-order valence-corrected chi connectivity index (χ4v) is 2.06. The lowest BCUT2D eigenvalue weighted by atomic mass is 10.1. The van der Waals surface area contributed by atoms with Crippen LogP contribution in [0, 0.1) is 11.3 Å². The summed E-state index contributed by atoms with van der Waals surface area (Å²) in [4.78, 5) is 0. The molecule has 1 fully saturated rings. The van der Waals surface area contributed by atoms with Crippen molar-refractivity contribution in [1.29, 1.82) is 5.26 Å². The Bertz CT molecular complexity index is 417. The van der Waals surface area contributed by atoms with Crippen LogP contribution in [0.2, 0.25) is 0 Å². The highest BCUT2D eigenvalue weighted by Crippen LogP contribution is 2.20. The molecule has 0 bridgehead atoms. The second-order valence-corrected chi connectivity index (χ2v) is 5.15. The van der Waals surface area contributed by atoms with Crippen molar-refractivity contribution < 1.29 is 4.74 Å². The van der Waals surface area contributed by atoms with Crippen LogP contribution in [0.25, 0.3) is 0 Å². The van der Waals surface area contributed by atoms with E-state index in [0.29, 0.717) is 12.6 Å². The van der Waals surface area contributed by atoms with Gasteiger partial charge in [0.1, 0.15) is 5.75 Å². The summed E-state index contributed by atoms with van der Waals surface area (Å²) >= 11 is 0. The molecule has 1 aromatic rings. The van der Waals surface area contributed by atoms with Crippen molar-refractivity contribution in [2.24, 2.45) is 0 Å². The molecule has 0 aliphatic heterocycles. The molecule has 1 aromatic carbocycles. The standard InChI is InChI=1S/C16H22N2O/c1-2-3-13-4-8-16(9-5-13)19-11-10-15(12-17)18-14-6-7-14/h4-5,8-9,14-15,18H,2-3,6-7,10-11H2,1H3. The number of nitrogens with one attached hydrogen (secondary N) is 1. The van der Waals surface area contributed by atoms with Crippen LogP contribution in [-0.2, 0) is 6.42 Å². The SMILES string of the molecule is CCCc1ccc(OCCC(C#N)NC2CC2)cc1. The van der Waals surface area contributed by atoms with Gasteiger partial charge in [-0.05, 0) is 37.0 Å². The van der Waals surface area contributed by atoms with Gasteiger partial charge in [-0.1, -0.05) is 25.5 Å². The highest BCUT2D eigenvalue weighted by molar-refractivity contribution is 5.27. The summed E-state index contributed by atoms with van der Waals surface area (Å²) in [5, 5.41) is 12.3. The Morgan fingerprint density at radius 1 is 1.37 bits per heavy atom. The van der Waals surface area contributed by atoms with Crippen LogP contribution >= 0.6 is 0 Å². The average Bonchev–Trinajstić information content (AvgIpc) is 3.24. The van der Waals surface area contributed by atoms with Crippen molar-refractivity contribution in [2.75, 3.05) is 6.61 Å². The molecule has 0 spiro atoms. The largest absolute Gasteiger partial charge is 0.493 e. The molecule has 1 saturated carbocycles. The van der Waals surface area contributed by atoms with Gasteiger partial charge in [-0.25, -0.2) is 0 Å². The maximum absolute atomic E-state index is 9.03. The molecule has 3 nitrogen and oxygen atoms in total. The molecule has 1 aliphatic rings. The Morgan fingerprint density at radius 3 is 2.68 bits per heavy atom. The first-order valence-corrected chi connectivity index (χ1v) is 7.19. The lowest BCUT2D eigenvalue weighted by Crippen LogP contribution is -2.31. The van der Waals surface area contributed by atoms with Crippen molar-refractivity contribution in [3.05, 3.63) is 29.8 Å². The third-order valence-corrected chi connectivity index (χ3v) is 3.31. The zero-order valence-electron chi connectivity index (χ0n) is 11.6. The summed E-state index contributed by atoms with van der Waals surface area (Å²) in [6, 6.07) is 11.0. The Balaban J connectivity index is 1.70. The minimum absolute atomic E-state index is 0.0770. The third kappa shape index (κ3) is 4.92. The molecule has 1 aliphatic carbocycles. The fraction of sp³-hybridized carbons (Fsp3) is 0.562. The van der Waals surface area contributed by atoms with Gasteiger partial charge in [0.15, 0.2) is 0 Å². The predicted molar refractivity (Wildman–Crippen MR) is 76.1 cm³/mol. The van der Waals surface area contributed by atoms with E-state index in [1.165, 1.54) is 18.4 Å². The molecule has 0 amide bonds. The zero-order valence-corrected chi connectivity index (χ0v) is 11.6. The first-order chi connectivity index (χ1) is 9.31. The fourth-order valence-electron chi connectivity index (χ4n) is 2.06. The molecule has 1 N–H and O–H groups in total. The van der Waals surface area contributed by atoms with E-state index in [2.05, 4.69) is 30.4 Å². The quantitative estimate of drug-likeness (QED) is 0.779. The molecule has 0 radical (unpaired) electrons. The molecule has 102 valence electrons. The molecule has 0 heterocycles. The summed E-state index contributed by atoms with van der Waals surface area (Å²) in [5.41, 5.74) is 1.35. The van der Waals surface area contributed by atoms with Gasteiger partial charge < -0.3 is 4.74 Å². The van der Waals surface area contributed by atoms with Crippen molar-refractivity contribution in [1.82, 2.24) is 5.32 Å². The van der Waals surface area contributed by atoms with E-state index in [4.69, 9.17) is 10.00 Å². The number of nitriles is 1. The van der Waals surface area contributed by atoms with E-state index in [1.807, 2.05) is 12.1 Å². The van der Waals surface area contributed by atoms with E-state index in [1.54, 1.807) is 0 Å². The molecule has 19 heavy (non-hydrogen) atoms. The van der Waals surface area contributed by atoms with E-state index in [0.717, 1.165) is 25.0 Å². The van der Waals surface area contributed by atoms with Gasteiger partial charge >= 0.3 is 0 Å². The summed E-state index contributed by atoms with van der Waals surface area (Å²) in [7, 11) is 0. The highest BCUT2D eigenvalue weighted by atomic mass is 16.5. The van der Waals surface area contributed by atoms with Gasteiger partial charge in [0.2, 0.25) is 0 Å².